The van der Waals surface area contributed by atoms with Crippen LogP contribution >= 0.6 is 0 Å². The van der Waals surface area contributed by atoms with Crippen LogP contribution in [0.15, 0.2) is 47.2 Å². The van der Waals surface area contributed by atoms with Gasteiger partial charge >= 0.3 is 0 Å². The average molecular weight is 450 g/mol. The lowest BCUT2D eigenvalue weighted by Gasteiger charge is -2.31. The summed E-state index contributed by atoms with van der Waals surface area (Å²) in [7, 11) is 0. The Labute approximate surface area is 189 Å². The molecule has 0 aliphatic carbocycles. The van der Waals surface area contributed by atoms with Gasteiger partial charge in [-0.1, -0.05) is 5.16 Å². The monoisotopic (exact) mass is 450 g/mol. The van der Waals surface area contributed by atoms with E-state index in [0.29, 0.717) is 24.6 Å². The second-order valence-electron chi connectivity index (χ2n) is 8.76. The zero-order chi connectivity index (χ0) is 23.1. The Morgan fingerprint density at radius 1 is 1.06 bits per heavy atom. The van der Waals surface area contributed by atoms with E-state index in [9.17, 15) is 13.6 Å². The van der Waals surface area contributed by atoms with Crippen LogP contribution in [0.3, 0.4) is 0 Å². The summed E-state index contributed by atoms with van der Waals surface area (Å²) in [5, 5.41) is 3.85. The Kier molecular flexibility index (Phi) is 5.44. The molecule has 0 unspecified atom stereocenters. The molecule has 4 aromatic rings. The van der Waals surface area contributed by atoms with Crippen molar-refractivity contribution in [2.75, 3.05) is 13.1 Å². The van der Waals surface area contributed by atoms with Crippen molar-refractivity contribution in [1.29, 1.82) is 0 Å². The molecule has 1 aliphatic heterocycles. The van der Waals surface area contributed by atoms with Crippen LogP contribution in [0.1, 0.15) is 34.5 Å². The van der Waals surface area contributed by atoms with Crippen molar-refractivity contribution in [1.82, 2.24) is 19.6 Å². The van der Waals surface area contributed by atoms with Gasteiger partial charge in [0, 0.05) is 31.3 Å². The summed E-state index contributed by atoms with van der Waals surface area (Å²) in [6.45, 7) is 6.32. The van der Waals surface area contributed by atoms with Crippen molar-refractivity contribution >= 4 is 16.9 Å². The summed E-state index contributed by atoms with van der Waals surface area (Å²) in [5.41, 5.74) is 5.13. The van der Waals surface area contributed by atoms with Crippen LogP contribution in [0.25, 0.3) is 22.4 Å². The summed E-state index contributed by atoms with van der Waals surface area (Å²) < 4.78 is 34.1. The summed E-state index contributed by atoms with van der Waals surface area (Å²) >= 11 is 0. The van der Waals surface area contributed by atoms with Gasteiger partial charge in [-0.3, -0.25) is 4.79 Å². The van der Waals surface area contributed by atoms with E-state index in [1.807, 2.05) is 6.33 Å². The van der Waals surface area contributed by atoms with Crippen LogP contribution in [0.5, 0.6) is 0 Å². The van der Waals surface area contributed by atoms with E-state index in [0.717, 1.165) is 42.6 Å². The highest BCUT2D eigenvalue weighted by Crippen LogP contribution is 2.26. The molecule has 0 atom stereocenters. The lowest BCUT2D eigenvalue weighted by molar-refractivity contribution is 0.0673. The molecule has 1 saturated heterocycles. The number of amides is 1. The van der Waals surface area contributed by atoms with Gasteiger partial charge in [-0.2, -0.15) is 0 Å². The molecule has 0 bridgehead atoms. The van der Waals surface area contributed by atoms with E-state index in [1.54, 1.807) is 4.90 Å². The highest BCUT2D eigenvalue weighted by molar-refractivity contribution is 5.93. The molecule has 1 fully saturated rings. The minimum absolute atomic E-state index is 0.166. The third-order valence-corrected chi connectivity index (χ3v) is 6.53. The number of hydrogen-bond acceptors (Lipinski definition) is 4. The molecule has 6 nitrogen and oxygen atoms in total. The number of imidazole rings is 1. The van der Waals surface area contributed by atoms with Gasteiger partial charge in [-0.25, -0.2) is 13.8 Å². The SMILES string of the molecule is Cc1cc2ncn(CC3CCN(C(=O)c4cc(-c5ccc(F)c(F)c5)on4)CC3)c2cc1C. The topological polar surface area (TPSA) is 64.2 Å². The molecule has 3 heterocycles. The molecule has 2 aromatic carbocycles. The number of hydrogen-bond donors (Lipinski definition) is 0. The first-order valence-electron chi connectivity index (χ1n) is 11.0. The average Bonchev–Trinajstić information content (AvgIpc) is 3.44. The molecule has 1 amide bonds. The van der Waals surface area contributed by atoms with Crippen LogP contribution in [0, 0.1) is 31.4 Å². The molecular formula is C25H24F2N4O2. The smallest absolute Gasteiger partial charge is 0.276 e. The minimum atomic E-state index is -0.977. The summed E-state index contributed by atoms with van der Waals surface area (Å²) in [6.07, 6.45) is 3.66. The molecule has 0 saturated carbocycles. The van der Waals surface area contributed by atoms with Gasteiger partial charge in [-0.15, -0.1) is 0 Å². The van der Waals surface area contributed by atoms with Crippen molar-refractivity contribution in [3.63, 3.8) is 0 Å². The largest absolute Gasteiger partial charge is 0.355 e. The van der Waals surface area contributed by atoms with Gasteiger partial charge in [0.2, 0.25) is 0 Å². The van der Waals surface area contributed by atoms with E-state index in [-0.39, 0.29) is 17.4 Å². The fourth-order valence-corrected chi connectivity index (χ4v) is 4.38. The molecular weight excluding hydrogens is 426 g/mol. The van der Waals surface area contributed by atoms with Crippen molar-refractivity contribution in [3.05, 3.63) is 71.2 Å². The van der Waals surface area contributed by atoms with E-state index in [1.165, 1.54) is 23.3 Å². The van der Waals surface area contributed by atoms with Gasteiger partial charge in [0.15, 0.2) is 23.1 Å². The maximum Gasteiger partial charge on any atom is 0.276 e. The number of carbonyl (C=O) groups is 1. The highest BCUT2D eigenvalue weighted by Gasteiger charge is 2.26. The van der Waals surface area contributed by atoms with Gasteiger partial charge in [-0.05, 0) is 74.1 Å². The molecule has 1 aliphatic rings. The zero-order valence-corrected chi connectivity index (χ0v) is 18.5. The lowest BCUT2D eigenvalue weighted by atomic mass is 9.96. The van der Waals surface area contributed by atoms with Gasteiger partial charge < -0.3 is 14.0 Å². The molecule has 33 heavy (non-hydrogen) atoms. The third kappa shape index (κ3) is 4.13. The van der Waals surface area contributed by atoms with Crippen LogP contribution in [0.2, 0.25) is 0 Å². The minimum Gasteiger partial charge on any atom is -0.355 e. The summed E-state index contributed by atoms with van der Waals surface area (Å²) in [5.74, 6) is -1.46. The Bertz CT molecular complexity index is 1340. The van der Waals surface area contributed by atoms with Crippen LogP contribution in [-0.4, -0.2) is 38.6 Å². The molecule has 0 N–H and O–H groups in total. The number of nitrogens with zero attached hydrogens (tertiary/aromatic N) is 4. The van der Waals surface area contributed by atoms with Crippen molar-refractivity contribution in [3.8, 4) is 11.3 Å². The Morgan fingerprint density at radius 2 is 1.82 bits per heavy atom. The normalized spacial score (nSPS) is 14.8. The molecule has 0 radical (unpaired) electrons. The maximum absolute atomic E-state index is 13.5. The first-order valence-corrected chi connectivity index (χ1v) is 11.0. The van der Waals surface area contributed by atoms with Gasteiger partial charge in [0.1, 0.15) is 0 Å². The standard InChI is InChI=1S/C25H24F2N4O2/c1-15-9-21-23(10-16(15)2)31(14-28-21)13-17-5-7-30(8-6-17)25(32)22-12-24(33-29-22)18-3-4-19(26)20(27)11-18/h3-4,9-12,14,17H,5-8,13H2,1-2H3. The summed E-state index contributed by atoms with van der Waals surface area (Å²) in [4.78, 5) is 19.2. The number of piperidine rings is 1. The van der Waals surface area contributed by atoms with Crippen LogP contribution < -0.4 is 0 Å². The quantitative estimate of drug-likeness (QED) is 0.432. The van der Waals surface area contributed by atoms with E-state index >= 15 is 0 Å². The van der Waals surface area contributed by atoms with E-state index in [4.69, 9.17) is 4.52 Å². The number of aryl methyl sites for hydroxylation is 2. The molecule has 170 valence electrons. The number of aromatic nitrogens is 3. The second kappa shape index (κ2) is 8.42. The second-order valence-corrected chi connectivity index (χ2v) is 8.76. The number of likely N-dealkylation sites (tertiary alicyclic amines) is 1. The lowest BCUT2D eigenvalue weighted by Crippen LogP contribution is -2.39. The molecule has 0 spiro atoms. The van der Waals surface area contributed by atoms with Crippen LogP contribution in [-0.2, 0) is 6.54 Å². The predicted octanol–water partition coefficient (Wildman–Crippen LogP) is 5.14. The Hall–Kier alpha value is -3.55. The van der Waals surface area contributed by atoms with Crippen molar-refractivity contribution < 1.29 is 18.1 Å². The fraction of sp³-hybridized carbons (Fsp3) is 0.320. The molecule has 8 heteroatoms. The molecule has 5 rings (SSSR count). The number of benzene rings is 2. The predicted molar refractivity (Wildman–Crippen MR) is 120 cm³/mol. The first kappa shape index (κ1) is 21.3. The number of halogens is 2. The Balaban J connectivity index is 1.22. The summed E-state index contributed by atoms with van der Waals surface area (Å²) in [6, 6.07) is 9.22. The van der Waals surface area contributed by atoms with E-state index in [2.05, 4.69) is 40.7 Å². The maximum atomic E-state index is 13.5. The Morgan fingerprint density at radius 3 is 2.58 bits per heavy atom. The van der Waals surface area contributed by atoms with Crippen molar-refractivity contribution in [2.45, 2.75) is 33.2 Å². The first-order chi connectivity index (χ1) is 15.9. The van der Waals surface area contributed by atoms with Gasteiger partial charge in [0.25, 0.3) is 5.91 Å². The molecule has 2 aromatic heterocycles. The zero-order valence-electron chi connectivity index (χ0n) is 18.5. The van der Waals surface area contributed by atoms with Gasteiger partial charge in [0.05, 0.1) is 17.4 Å². The number of fused-ring (bicyclic) bond motifs is 1. The fourth-order valence-electron chi connectivity index (χ4n) is 4.38. The number of rotatable bonds is 4. The van der Waals surface area contributed by atoms with Crippen LogP contribution in [0.4, 0.5) is 8.78 Å². The van der Waals surface area contributed by atoms with E-state index < -0.39 is 11.6 Å². The van der Waals surface area contributed by atoms with Crippen molar-refractivity contribution in [2.24, 2.45) is 5.92 Å². The third-order valence-electron chi connectivity index (χ3n) is 6.53. The highest BCUT2D eigenvalue weighted by atomic mass is 19.2. The number of carbonyl (C=O) groups excluding carboxylic acids is 1.